The molecule has 1 unspecified atom stereocenters. The molecule has 0 aromatic heterocycles. The minimum atomic E-state index is -3.60. The summed E-state index contributed by atoms with van der Waals surface area (Å²) in [6, 6.07) is 5.76. The molecule has 3 aliphatic rings. The third kappa shape index (κ3) is 5.25. The predicted molar refractivity (Wildman–Crippen MR) is 123 cm³/mol. The monoisotopic (exact) mass is 497 g/mol. The van der Waals surface area contributed by atoms with Gasteiger partial charge in [0.2, 0.25) is 21.8 Å². The number of piperidine rings is 1. The van der Waals surface area contributed by atoms with Crippen LogP contribution in [-0.2, 0) is 29.4 Å². The molecule has 3 saturated heterocycles. The quantitative estimate of drug-likeness (QED) is 0.639. The van der Waals surface area contributed by atoms with Crippen molar-refractivity contribution in [2.24, 2.45) is 5.92 Å². The lowest BCUT2D eigenvalue weighted by Gasteiger charge is -2.34. The smallest absolute Gasteiger partial charge is 0.243 e. The number of rotatable bonds is 5. The predicted octanol–water partition coefficient (Wildman–Crippen LogP) is 0.690. The highest BCUT2D eigenvalue weighted by Gasteiger charge is 2.40. The summed E-state index contributed by atoms with van der Waals surface area (Å²) in [5, 5.41) is 2.81. The largest absolute Gasteiger partial charge is 0.351 e. The zero-order valence-electron chi connectivity index (χ0n) is 18.8. The Bertz CT molecular complexity index is 1110. The molecule has 9 nitrogen and oxygen atoms in total. The fourth-order valence-corrected chi connectivity index (χ4v) is 8.09. The average molecular weight is 498 g/mol. The Kier molecular flexibility index (Phi) is 6.84. The highest BCUT2D eigenvalue weighted by Crippen LogP contribution is 2.28. The Hall–Kier alpha value is -1.98. The summed E-state index contributed by atoms with van der Waals surface area (Å²) in [4.78, 5) is 27.8. The first kappa shape index (κ1) is 24.2. The fraction of sp³-hybridized carbons (Fsp3) is 0.636. The number of carbonyl (C=O) groups excluding carboxylic acids is 2. The second-order valence-corrected chi connectivity index (χ2v) is 13.5. The van der Waals surface area contributed by atoms with Crippen molar-refractivity contribution in [1.82, 2.24) is 14.5 Å². The Morgan fingerprint density at radius 2 is 1.67 bits per heavy atom. The topological polar surface area (TPSA) is 121 Å². The molecule has 0 bridgehead atoms. The maximum Gasteiger partial charge on any atom is 0.243 e. The minimum Gasteiger partial charge on any atom is -0.351 e. The number of hydrogen-bond donors (Lipinski definition) is 1. The molecule has 0 radical (unpaired) electrons. The molecule has 1 aromatic carbocycles. The molecule has 1 N–H and O–H groups in total. The van der Waals surface area contributed by atoms with Gasteiger partial charge in [-0.2, -0.15) is 4.31 Å². The molecule has 3 aliphatic heterocycles. The summed E-state index contributed by atoms with van der Waals surface area (Å²) in [5.74, 6) is -0.695. The molecule has 11 heteroatoms. The second-order valence-electron chi connectivity index (χ2n) is 9.29. The number of sulfone groups is 1. The van der Waals surface area contributed by atoms with E-state index in [0.29, 0.717) is 38.6 Å². The summed E-state index contributed by atoms with van der Waals surface area (Å²) in [7, 11) is -6.70. The van der Waals surface area contributed by atoms with Gasteiger partial charge in [0, 0.05) is 31.6 Å². The van der Waals surface area contributed by atoms with Crippen LogP contribution in [0.1, 0.15) is 37.7 Å². The molecule has 3 fully saturated rings. The number of hydrogen-bond acceptors (Lipinski definition) is 6. The second kappa shape index (κ2) is 9.34. The molecule has 2 amide bonds. The van der Waals surface area contributed by atoms with Crippen LogP contribution >= 0.6 is 0 Å². The summed E-state index contributed by atoms with van der Waals surface area (Å²) >= 11 is 0. The van der Waals surface area contributed by atoms with Gasteiger partial charge in [0.1, 0.15) is 6.04 Å². The molecule has 0 spiro atoms. The van der Waals surface area contributed by atoms with Crippen LogP contribution in [0, 0.1) is 12.8 Å². The summed E-state index contributed by atoms with van der Waals surface area (Å²) in [6.07, 6.45) is 2.50. The molecule has 33 heavy (non-hydrogen) atoms. The van der Waals surface area contributed by atoms with E-state index in [-0.39, 0.29) is 47.2 Å². The van der Waals surface area contributed by atoms with E-state index in [1.807, 2.05) is 6.92 Å². The molecule has 0 aliphatic carbocycles. The van der Waals surface area contributed by atoms with E-state index in [4.69, 9.17) is 0 Å². The van der Waals surface area contributed by atoms with E-state index in [1.54, 1.807) is 29.2 Å². The number of amides is 2. The van der Waals surface area contributed by atoms with E-state index in [9.17, 15) is 26.4 Å². The summed E-state index contributed by atoms with van der Waals surface area (Å²) in [5.41, 5.74) is 0.983. The maximum atomic E-state index is 13.2. The van der Waals surface area contributed by atoms with Crippen LogP contribution in [0.4, 0.5) is 0 Å². The van der Waals surface area contributed by atoms with E-state index < -0.39 is 31.9 Å². The molecule has 0 saturated carbocycles. The number of likely N-dealkylation sites (tertiary alicyclic amines) is 1. The summed E-state index contributed by atoms with van der Waals surface area (Å²) < 4.78 is 50.6. The lowest BCUT2D eigenvalue weighted by Crippen LogP contribution is -2.51. The van der Waals surface area contributed by atoms with E-state index in [2.05, 4.69) is 5.32 Å². The molecule has 4 rings (SSSR count). The Morgan fingerprint density at radius 3 is 2.27 bits per heavy atom. The maximum absolute atomic E-state index is 13.2. The minimum absolute atomic E-state index is 0.0483. The lowest BCUT2D eigenvalue weighted by atomic mass is 9.96. The van der Waals surface area contributed by atoms with Crippen LogP contribution < -0.4 is 5.32 Å². The van der Waals surface area contributed by atoms with Crippen LogP contribution in [0.3, 0.4) is 0 Å². The van der Waals surface area contributed by atoms with Crippen molar-refractivity contribution in [3.05, 3.63) is 29.8 Å². The van der Waals surface area contributed by atoms with Gasteiger partial charge in [-0.25, -0.2) is 16.8 Å². The van der Waals surface area contributed by atoms with Crippen molar-refractivity contribution >= 4 is 31.7 Å². The van der Waals surface area contributed by atoms with Gasteiger partial charge >= 0.3 is 0 Å². The van der Waals surface area contributed by atoms with E-state index >= 15 is 0 Å². The van der Waals surface area contributed by atoms with Crippen molar-refractivity contribution in [2.45, 2.75) is 56.0 Å². The van der Waals surface area contributed by atoms with E-state index in [0.717, 1.165) is 5.56 Å². The normalized spacial score (nSPS) is 26.4. The highest BCUT2D eigenvalue weighted by molar-refractivity contribution is 7.91. The number of aryl methyl sites for hydroxylation is 1. The average Bonchev–Trinajstić information content (AvgIpc) is 3.40. The van der Waals surface area contributed by atoms with Gasteiger partial charge in [0.25, 0.3) is 0 Å². The van der Waals surface area contributed by atoms with Crippen molar-refractivity contribution in [3.8, 4) is 0 Å². The zero-order chi connectivity index (χ0) is 23.8. The molecular weight excluding hydrogens is 466 g/mol. The van der Waals surface area contributed by atoms with Gasteiger partial charge in [0.15, 0.2) is 9.84 Å². The summed E-state index contributed by atoms with van der Waals surface area (Å²) in [6.45, 7) is 2.91. The number of sulfonamides is 1. The molecule has 1 aromatic rings. The van der Waals surface area contributed by atoms with Gasteiger partial charge in [0.05, 0.1) is 16.4 Å². The molecule has 3 heterocycles. The highest BCUT2D eigenvalue weighted by atomic mass is 32.2. The van der Waals surface area contributed by atoms with Gasteiger partial charge in [-0.15, -0.1) is 0 Å². The van der Waals surface area contributed by atoms with Crippen molar-refractivity contribution in [1.29, 1.82) is 0 Å². The van der Waals surface area contributed by atoms with Crippen LogP contribution in [0.25, 0.3) is 0 Å². The number of benzene rings is 1. The first-order valence-electron chi connectivity index (χ1n) is 11.4. The van der Waals surface area contributed by atoms with Gasteiger partial charge in [-0.3, -0.25) is 9.59 Å². The third-order valence-corrected chi connectivity index (χ3v) is 10.6. The van der Waals surface area contributed by atoms with Gasteiger partial charge in [-0.05, 0) is 51.2 Å². The van der Waals surface area contributed by atoms with Crippen molar-refractivity contribution in [3.63, 3.8) is 0 Å². The zero-order valence-corrected chi connectivity index (χ0v) is 20.4. The molecular formula is C22H31N3O6S2. The number of nitrogens with one attached hydrogen (secondary N) is 1. The first-order valence-corrected chi connectivity index (χ1v) is 14.7. The fourth-order valence-electron chi connectivity index (χ4n) is 4.95. The van der Waals surface area contributed by atoms with Gasteiger partial charge in [-0.1, -0.05) is 17.7 Å². The Balaban J connectivity index is 1.35. The molecule has 182 valence electrons. The Labute approximate surface area is 195 Å². The molecule has 2 atom stereocenters. The van der Waals surface area contributed by atoms with Gasteiger partial charge < -0.3 is 10.2 Å². The SMILES string of the molecule is Cc1ccc(S(=O)(=O)N2CCC(C(=O)N3CCC[C@H]3C(=O)NC3CCS(=O)(=O)C3)CC2)cc1. The number of nitrogens with zero attached hydrogens (tertiary/aromatic N) is 2. The van der Waals surface area contributed by atoms with Crippen LogP contribution in [0.2, 0.25) is 0 Å². The van der Waals surface area contributed by atoms with Crippen LogP contribution in [0.15, 0.2) is 29.2 Å². The van der Waals surface area contributed by atoms with Crippen LogP contribution in [0.5, 0.6) is 0 Å². The van der Waals surface area contributed by atoms with Crippen molar-refractivity contribution in [2.75, 3.05) is 31.1 Å². The van der Waals surface area contributed by atoms with E-state index in [1.165, 1.54) is 4.31 Å². The van der Waals surface area contributed by atoms with Crippen molar-refractivity contribution < 1.29 is 26.4 Å². The Morgan fingerprint density at radius 1 is 1.00 bits per heavy atom. The third-order valence-electron chi connectivity index (χ3n) is 6.88. The van der Waals surface area contributed by atoms with Crippen LogP contribution in [-0.4, -0.2) is 81.1 Å². The first-order chi connectivity index (χ1) is 15.6. The standard InChI is InChI=1S/C22H31N3O6S2/c1-16-4-6-19(7-5-16)33(30,31)24-12-8-17(9-13-24)22(27)25-11-2-3-20(25)21(26)23-18-10-14-32(28,29)15-18/h4-7,17-18,20H,2-3,8-15H2,1H3,(H,23,26)/t18?,20-/m0/s1. The lowest BCUT2D eigenvalue weighted by molar-refractivity contribution is -0.142. The number of carbonyl (C=O) groups is 2.